The Hall–Kier alpha value is -5.58. The number of nitrogens with zero attached hydrogens (tertiary/aromatic N) is 8. The van der Waals surface area contributed by atoms with Gasteiger partial charge in [-0.2, -0.15) is 0 Å². The van der Waals surface area contributed by atoms with Gasteiger partial charge in [-0.3, -0.25) is 0 Å². The number of hydrogen-bond donors (Lipinski definition) is 2. The van der Waals surface area contributed by atoms with Gasteiger partial charge in [0.05, 0.1) is 24.2 Å². The van der Waals surface area contributed by atoms with Gasteiger partial charge < -0.3 is 33.9 Å². The summed E-state index contributed by atoms with van der Waals surface area (Å²) in [6, 6.07) is 15.6. The van der Waals surface area contributed by atoms with E-state index in [1.807, 2.05) is 83.1 Å². The molecular formula is C38H53N9O8. The van der Waals surface area contributed by atoms with E-state index in [1.54, 1.807) is 25.5 Å². The molecule has 0 aliphatic carbocycles. The summed E-state index contributed by atoms with van der Waals surface area (Å²) in [5.41, 5.74) is 1.91. The van der Waals surface area contributed by atoms with Gasteiger partial charge in [0.1, 0.15) is 23.7 Å². The summed E-state index contributed by atoms with van der Waals surface area (Å²) >= 11 is 0. The van der Waals surface area contributed by atoms with Crippen molar-refractivity contribution in [3.8, 4) is 22.5 Å². The van der Waals surface area contributed by atoms with Crippen LogP contribution in [0.3, 0.4) is 0 Å². The Morgan fingerprint density at radius 3 is 2.31 bits per heavy atom. The third-order valence-corrected chi connectivity index (χ3v) is 8.85. The molecule has 2 N–H and O–H groups in total. The van der Waals surface area contributed by atoms with Crippen LogP contribution >= 0.6 is 0 Å². The van der Waals surface area contributed by atoms with E-state index in [0.29, 0.717) is 35.9 Å². The first-order valence-corrected chi connectivity index (χ1v) is 18.3. The fourth-order valence-electron chi connectivity index (χ4n) is 5.45. The number of ether oxygens (including phenoxy) is 3. The maximum atomic E-state index is 13.8. The second-order valence-electron chi connectivity index (χ2n) is 14.8. The SMILES string of the molecule is CCCc1nc(C(C)(C)O)c(C(=O)OC(C)OC(=O)OCCC(C)CCO/N=[N+](\[O-])N(C)C(C)(C)C)n1Cc1ccc(-c2ccccc2-c2nnn[nH]2)cc1. The van der Waals surface area contributed by atoms with Crippen molar-refractivity contribution in [2.24, 2.45) is 11.2 Å². The lowest BCUT2D eigenvalue weighted by Crippen LogP contribution is -2.42. The lowest BCUT2D eigenvalue weighted by molar-refractivity contribution is -0.719. The van der Waals surface area contributed by atoms with Crippen LogP contribution < -0.4 is 0 Å². The predicted molar refractivity (Wildman–Crippen MR) is 201 cm³/mol. The third kappa shape index (κ3) is 11.7. The first-order valence-electron chi connectivity index (χ1n) is 18.3. The van der Waals surface area contributed by atoms with Crippen molar-refractivity contribution in [1.29, 1.82) is 0 Å². The number of benzene rings is 2. The molecule has 55 heavy (non-hydrogen) atoms. The van der Waals surface area contributed by atoms with Crippen LogP contribution in [0, 0.1) is 11.1 Å². The van der Waals surface area contributed by atoms with E-state index in [2.05, 4.69) is 25.9 Å². The van der Waals surface area contributed by atoms with Crippen molar-refractivity contribution in [3.63, 3.8) is 0 Å². The topological polar surface area (TPSA) is 205 Å². The average Bonchev–Trinajstić information content (AvgIpc) is 3.79. The Kier molecular flexibility index (Phi) is 14.3. The van der Waals surface area contributed by atoms with Crippen LogP contribution in [0.2, 0.25) is 0 Å². The Balaban J connectivity index is 1.38. The number of aliphatic hydroxyl groups is 1. The number of esters is 1. The number of aryl methyl sites for hydroxylation is 1. The van der Waals surface area contributed by atoms with Crippen molar-refractivity contribution >= 4 is 12.1 Å². The standard InChI is InChI=1S/C38H53N9O8/c1-10-13-31-39-33(38(7,8)50)32(46(31)24-27-16-18-28(19-17-27)29-14-11-12-15-30(29)34-40-42-43-41-34)35(48)54-26(3)55-36(49)52-22-20-25(2)21-23-53-44-47(51)45(9)37(4,5)6/h11-12,14-19,25-26,50H,10,13,20-24H2,1-9H3,(H,40,41,42,43)/b47-44-. The zero-order chi connectivity index (χ0) is 40.3. The molecule has 2 aromatic heterocycles. The summed E-state index contributed by atoms with van der Waals surface area (Å²) in [7, 11) is 1.62. The molecule has 0 aliphatic heterocycles. The van der Waals surface area contributed by atoms with E-state index in [9.17, 15) is 19.9 Å². The molecule has 0 aliphatic rings. The van der Waals surface area contributed by atoms with Crippen LogP contribution in [0.15, 0.2) is 53.8 Å². The lowest BCUT2D eigenvalue weighted by atomic mass is 9.98. The summed E-state index contributed by atoms with van der Waals surface area (Å²) in [6.45, 7) is 14.6. The molecule has 298 valence electrons. The molecule has 0 bridgehead atoms. The molecule has 0 amide bonds. The van der Waals surface area contributed by atoms with Crippen molar-refractivity contribution in [1.82, 2.24) is 35.2 Å². The van der Waals surface area contributed by atoms with E-state index in [4.69, 9.17) is 24.0 Å². The number of rotatable bonds is 18. The molecule has 17 heteroatoms. The maximum absolute atomic E-state index is 13.8. The van der Waals surface area contributed by atoms with Crippen LogP contribution in [0.1, 0.15) is 102 Å². The van der Waals surface area contributed by atoms with Gasteiger partial charge in [0.15, 0.2) is 11.5 Å². The highest BCUT2D eigenvalue weighted by molar-refractivity contribution is 5.89. The highest BCUT2D eigenvalue weighted by Gasteiger charge is 2.34. The summed E-state index contributed by atoms with van der Waals surface area (Å²) in [5, 5.41) is 42.3. The molecule has 2 aromatic carbocycles. The van der Waals surface area contributed by atoms with Gasteiger partial charge in [-0.1, -0.05) is 62.4 Å². The normalized spacial score (nSPS) is 13.2. The van der Waals surface area contributed by atoms with E-state index < -0.39 is 29.6 Å². The first-order chi connectivity index (χ1) is 26.0. The lowest BCUT2D eigenvalue weighted by Gasteiger charge is -2.26. The van der Waals surface area contributed by atoms with E-state index in [1.165, 1.54) is 11.9 Å². The predicted octanol–water partition coefficient (Wildman–Crippen LogP) is 6.57. The number of nitrogens with one attached hydrogen (secondary N) is 1. The van der Waals surface area contributed by atoms with Crippen LogP contribution in [-0.4, -0.2) is 89.5 Å². The summed E-state index contributed by atoms with van der Waals surface area (Å²) < 4.78 is 17.8. The molecule has 2 atom stereocenters. The molecule has 0 fully saturated rings. The fourth-order valence-corrected chi connectivity index (χ4v) is 5.45. The van der Waals surface area contributed by atoms with E-state index in [-0.39, 0.29) is 37.1 Å². The molecule has 4 aromatic rings. The van der Waals surface area contributed by atoms with Crippen LogP contribution in [0.4, 0.5) is 4.79 Å². The van der Waals surface area contributed by atoms with Crippen molar-refractivity contribution < 1.29 is 38.7 Å². The number of carbonyl (C=O) groups is 2. The second kappa shape index (κ2) is 18.6. The van der Waals surface area contributed by atoms with Gasteiger partial charge >= 0.3 is 12.1 Å². The fraction of sp³-hybridized carbons (Fsp3) is 0.526. The summed E-state index contributed by atoms with van der Waals surface area (Å²) in [5.74, 6) is 0.417. The Morgan fingerprint density at radius 2 is 1.69 bits per heavy atom. The zero-order valence-electron chi connectivity index (χ0n) is 33.1. The smallest absolute Gasteiger partial charge is 0.511 e. The summed E-state index contributed by atoms with van der Waals surface area (Å²) in [4.78, 5) is 36.5. The second-order valence-corrected chi connectivity index (χ2v) is 14.8. The number of tetrazole rings is 1. The molecule has 0 saturated heterocycles. The molecule has 2 heterocycles. The van der Waals surface area contributed by atoms with Crippen molar-refractivity contribution in [2.75, 3.05) is 20.3 Å². The van der Waals surface area contributed by atoms with E-state index >= 15 is 0 Å². The Morgan fingerprint density at radius 1 is 1.02 bits per heavy atom. The highest BCUT2D eigenvalue weighted by Crippen LogP contribution is 2.31. The first kappa shape index (κ1) is 42.2. The number of hydrazine groups is 1. The summed E-state index contributed by atoms with van der Waals surface area (Å²) in [6.07, 6.45) is 0.0332. The van der Waals surface area contributed by atoms with Crippen LogP contribution in [0.5, 0.6) is 0 Å². The largest absolute Gasteiger partial charge is 0.569 e. The quantitative estimate of drug-likeness (QED) is 0.0275. The number of imidazole rings is 1. The van der Waals surface area contributed by atoms with Gasteiger partial charge in [-0.15, -0.1) is 10.1 Å². The maximum Gasteiger partial charge on any atom is 0.511 e. The third-order valence-electron chi connectivity index (χ3n) is 8.85. The number of H-pyrrole nitrogens is 1. The van der Waals surface area contributed by atoms with Gasteiger partial charge in [-0.05, 0) is 86.9 Å². The number of hydrogen-bond acceptors (Lipinski definition) is 13. The minimum Gasteiger partial charge on any atom is -0.569 e. The minimum absolute atomic E-state index is 0.0515. The van der Waals surface area contributed by atoms with Gasteiger partial charge in [0.2, 0.25) is 11.6 Å². The van der Waals surface area contributed by atoms with Crippen LogP contribution in [0.25, 0.3) is 22.5 Å². The molecule has 0 saturated carbocycles. The Bertz CT molecular complexity index is 1880. The molecule has 0 radical (unpaired) electrons. The number of aromatic amines is 1. The molecule has 4 rings (SSSR count). The molecule has 0 spiro atoms. The van der Waals surface area contributed by atoms with Gasteiger partial charge in [0, 0.05) is 25.5 Å². The van der Waals surface area contributed by atoms with Crippen molar-refractivity contribution in [2.45, 2.75) is 105 Å². The van der Waals surface area contributed by atoms with Crippen LogP contribution in [-0.2, 0) is 37.6 Å². The zero-order valence-corrected chi connectivity index (χ0v) is 33.1. The van der Waals surface area contributed by atoms with Gasteiger partial charge in [-0.25, -0.2) is 19.7 Å². The minimum atomic E-state index is -1.48. The Labute approximate surface area is 321 Å². The van der Waals surface area contributed by atoms with E-state index in [0.717, 1.165) is 28.7 Å². The average molecular weight is 764 g/mol. The van der Waals surface area contributed by atoms with Crippen molar-refractivity contribution in [3.05, 3.63) is 76.5 Å². The molecular weight excluding hydrogens is 710 g/mol. The number of carbonyl (C=O) groups excluding carboxylic acids is 2. The molecule has 17 nitrogen and oxygen atoms in total. The monoisotopic (exact) mass is 763 g/mol. The highest BCUT2D eigenvalue weighted by atomic mass is 16.8. The molecule has 2 unspecified atom stereocenters. The number of aromatic nitrogens is 6. The van der Waals surface area contributed by atoms with Gasteiger partial charge in [0.25, 0.3) is 0 Å².